The summed E-state index contributed by atoms with van der Waals surface area (Å²) in [6.07, 6.45) is 4.65. The first-order valence-corrected chi connectivity index (χ1v) is 14.5. The third kappa shape index (κ3) is 7.22. The zero-order valence-electron chi connectivity index (χ0n) is 21.4. The summed E-state index contributed by atoms with van der Waals surface area (Å²) in [6, 6.07) is 23.8. The summed E-state index contributed by atoms with van der Waals surface area (Å²) in [5.74, 6) is 1.22. The second kappa shape index (κ2) is 11.7. The Morgan fingerprint density at radius 2 is 1.82 bits per heavy atom. The zero-order valence-corrected chi connectivity index (χ0v) is 22.2. The number of nitrogens with zero attached hydrogens (tertiary/aromatic N) is 1. The Labute approximate surface area is 226 Å². The number of pyridine rings is 1. The van der Waals surface area contributed by atoms with Crippen LogP contribution in [0.15, 0.2) is 95.7 Å². The van der Waals surface area contributed by atoms with Crippen molar-refractivity contribution in [1.29, 1.82) is 0 Å². The van der Waals surface area contributed by atoms with Crippen molar-refractivity contribution in [2.24, 2.45) is 0 Å². The van der Waals surface area contributed by atoms with Gasteiger partial charge in [-0.05, 0) is 66.2 Å². The Balaban J connectivity index is 1.23. The molecule has 2 N–H and O–H groups in total. The highest BCUT2D eigenvalue weighted by Crippen LogP contribution is 2.30. The zero-order chi connectivity index (χ0) is 27.2. The number of nitrogens with one attached hydrogen (secondary N) is 2. The molecule has 7 nitrogen and oxygen atoms in total. The molecule has 200 valence electrons. The van der Waals surface area contributed by atoms with Gasteiger partial charge in [0.05, 0.1) is 17.5 Å². The van der Waals surface area contributed by atoms with Gasteiger partial charge in [0.25, 0.3) is 0 Å². The van der Waals surface area contributed by atoms with Crippen LogP contribution in [0.4, 0.5) is 15.8 Å². The minimum absolute atomic E-state index is 0.0961. The molecule has 0 aliphatic rings. The standard InChI is InChI=1S/C30H28FN3O4S/c1-39(35,36)14-13-32-18-22-16-30(38-20-22)23-5-10-27-28(11-12-33-29(27)17-23)34-25-6-8-26(9-7-25)37-19-21-3-2-4-24(31)15-21/h2-12,15-17,20,32H,13-14,18-19H2,1H3,(H,33,34). The maximum absolute atomic E-state index is 13.4. The topological polar surface area (TPSA) is 93.5 Å². The molecular weight excluding hydrogens is 517 g/mol. The molecule has 0 aliphatic carbocycles. The molecule has 9 heteroatoms. The first-order valence-electron chi connectivity index (χ1n) is 12.4. The van der Waals surface area contributed by atoms with Gasteiger partial charge in [0.2, 0.25) is 0 Å². The normalized spacial score (nSPS) is 11.5. The summed E-state index contributed by atoms with van der Waals surface area (Å²) in [4.78, 5) is 4.54. The molecule has 0 radical (unpaired) electrons. The van der Waals surface area contributed by atoms with Crippen LogP contribution in [0.1, 0.15) is 11.1 Å². The SMILES string of the molecule is CS(=O)(=O)CCNCc1coc(-c2ccc3c(Nc4ccc(OCc5cccc(F)c5)cc4)ccnc3c2)c1. The minimum Gasteiger partial charge on any atom is -0.489 e. The number of sulfone groups is 1. The number of rotatable bonds is 11. The Bertz CT molecular complexity index is 1680. The maximum Gasteiger partial charge on any atom is 0.148 e. The van der Waals surface area contributed by atoms with Crippen LogP contribution >= 0.6 is 0 Å². The number of halogens is 1. The van der Waals surface area contributed by atoms with Crippen molar-refractivity contribution in [2.45, 2.75) is 13.2 Å². The first-order chi connectivity index (χ1) is 18.8. The summed E-state index contributed by atoms with van der Waals surface area (Å²) in [7, 11) is -2.99. The van der Waals surface area contributed by atoms with Crippen molar-refractivity contribution in [1.82, 2.24) is 10.3 Å². The highest BCUT2D eigenvalue weighted by atomic mass is 32.2. The van der Waals surface area contributed by atoms with E-state index in [0.717, 1.165) is 39.0 Å². The molecule has 0 saturated heterocycles. The number of hydrogen-bond donors (Lipinski definition) is 2. The van der Waals surface area contributed by atoms with Crippen molar-refractivity contribution < 1.29 is 22.0 Å². The molecule has 2 heterocycles. The highest BCUT2D eigenvalue weighted by molar-refractivity contribution is 7.90. The van der Waals surface area contributed by atoms with Crippen LogP contribution in [0.3, 0.4) is 0 Å². The lowest BCUT2D eigenvalue weighted by molar-refractivity contribution is 0.305. The van der Waals surface area contributed by atoms with E-state index in [1.165, 1.54) is 18.4 Å². The van der Waals surface area contributed by atoms with Gasteiger partial charge >= 0.3 is 0 Å². The Morgan fingerprint density at radius 3 is 2.62 bits per heavy atom. The lowest BCUT2D eigenvalue weighted by atomic mass is 10.1. The van der Waals surface area contributed by atoms with Crippen LogP contribution in [-0.2, 0) is 23.0 Å². The Morgan fingerprint density at radius 1 is 0.974 bits per heavy atom. The fourth-order valence-corrected chi connectivity index (χ4v) is 4.62. The molecule has 5 aromatic rings. The van der Waals surface area contributed by atoms with E-state index in [1.807, 2.05) is 60.7 Å². The molecule has 0 atom stereocenters. The van der Waals surface area contributed by atoms with E-state index in [-0.39, 0.29) is 11.6 Å². The van der Waals surface area contributed by atoms with Gasteiger partial charge in [0.15, 0.2) is 0 Å². The number of furan rings is 1. The summed E-state index contributed by atoms with van der Waals surface area (Å²) in [5.41, 5.74) is 5.22. The lowest BCUT2D eigenvalue weighted by Crippen LogP contribution is -2.21. The fourth-order valence-electron chi connectivity index (χ4n) is 4.10. The second-order valence-corrected chi connectivity index (χ2v) is 11.5. The van der Waals surface area contributed by atoms with Gasteiger partial charge in [-0.25, -0.2) is 12.8 Å². The van der Waals surface area contributed by atoms with E-state index < -0.39 is 9.84 Å². The Hall–Kier alpha value is -4.21. The van der Waals surface area contributed by atoms with Crippen molar-refractivity contribution in [3.8, 4) is 17.1 Å². The molecule has 0 unspecified atom stereocenters. The van der Waals surface area contributed by atoms with Crippen LogP contribution in [0.2, 0.25) is 0 Å². The monoisotopic (exact) mass is 545 g/mol. The van der Waals surface area contributed by atoms with Gasteiger partial charge in [-0.1, -0.05) is 18.2 Å². The smallest absolute Gasteiger partial charge is 0.148 e. The van der Waals surface area contributed by atoms with Gasteiger partial charge in [-0.3, -0.25) is 4.98 Å². The third-order valence-corrected chi connectivity index (χ3v) is 7.03. The minimum atomic E-state index is -2.99. The molecule has 0 amide bonds. The van der Waals surface area contributed by atoms with Crippen molar-refractivity contribution in [2.75, 3.05) is 23.9 Å². The van der Waals surface area contributed by atoms with E-state index in [2.05, 4.69) is 15.6 Å². The lowest BCUT2D eigenvalue weighted by Gasteiger charge is -2.11. The molecule has 0 bridgehead atoms. The number of hydrogen-bond acceptors (Lipinski definition) is 7. The summed E-state index contributed by atoms with van der Waals surface area (Å²) in [5, 5.41) is 7.52. The third-order valence-electron chi connectivity index (χ3n) is 6.09. The largest absolute Gasteiger partial charge is 0.489 e. The van der Waals surface area contributed by atoms with E-state index in [4.69, 9.17) is 9.15 Å². The molecule has 2 aromatic heterocycles. The molecule has 3 aromatic carbocycles. The molecule has 39 heavy (non-hydrogen) atoms. The quantitative estimate of drug-likeness (QED) is 0.194. The molecule has 0 aliphatic heterocycles. The van der Waals surface area contributed by atoms with Crippen LogP contribution in [0.5, 0.6) is 5.75 Å². The van der Waals surface area contributed by atoms with E-state index in [0.29, 0.717) is 31.2 Å². The number of benzene rings is 3. The van der Waals surface area contributed by atoms with Crippen molar-refractivity contribution in [3.63, 3.8) is 0 Å². The molecule has 0 saturated carbocycles. The van der Waals surface area contributed by atoms with Crippen LogP contribution in [0, 0.1) is 5.82 Å². The van der Waals surface area contributed by atoms with Crippen molar-refractivity contribution >= 4 is 32.1 Å². The average Bonchev–Trinajstić information content (AvgIpc) is 3.39. The highest BCUT2D eigenvalue weighted by Gasteiger charge is 2.09. The molecule has 0 fully saturated rings. The average molecular weight is 546 g/mol. The van der Waals surface area contributed by atoms with Gasteiger partial charge in [-0.2, -0.15) is 0 Å². The van der Waals surface area contributed by atoms with Gasteiger partial charge in [-0.15, -0.1) is 0 Å². The van der Waals surface area contributed by atoms with Gasteiger partial charge < -0.3 is 19.8 Å². The summed E-state index contributed by atoms with van der Waals surface area (Å²) >= 11 is 0. The summed E-state index contributed by atoms with van der Waals surface area (Å²) < 4.78 is 47.4. The summed E-state index contributed by atoms with van der Waals surface area (Å²) in [6.45, 7) is 1.20. The van der Waals surface area contributed by atoms with E-state index in [1.54, 1.807) is 18.5 Å². The van der Waals surface area contributed by atoms with E-state index in [9.17, 15) is 12.8 Å². The Kier molecular flexibility index (Phi) is 7.90. The molecule has 0 spiro atoms. The second-order valence-electron chi connectivity index (χ2n) is 9.28. The van der Waals surface area contributed by atoms with Crippen molar-refractivity contribution in [3.05, 3.63) is 108 Å². The number of anilines is 2. The molecule has 5 rings (SSSR count). The fraction of sp³-hybridized carbons (Fsp3) is 0.167. The first kappa shape index (κ1) is 26.4. The predicted octanol–water partition coefficient (Wildman–Crippen LogP) is 6.09. The van der Waals surface area contributed by atoms with Crippen LogP contribution in [0.25, 0.3) is 22.2 Å². The number of aromatic nitrogens is 1. The number of fused-ring (bicyclic) bond motifs is 1. The van der Waals surface area contributed by atoms with E-state index >= 15 is 0 Å². The van der Waals surface area contributed by atoms with Gasteiger partial charge in [0, 0.05) is 53.4 Å². The van der Waals surface area contributed by atoms with Crippen LogP contribution in [-0.4, -0.2) is 32.0 Å². The predicted molar refractivity (Wildman–Crippen MR) is 151 cm³/mol. The molecular formula is C30H28FN3O4S. The van der Waals surface area contributed by atoms with Crippen LogP contribution < -0.4 is 15.4 Å². The van der Waals surface area contributed by atoms with Gasteiger partial charge in [0.1, 0.15) is 33.8 Å². The number of ether oxygens (including phenoxy) is 1. The maximum atomic E-state index is 13.4.